The molecule has 0 aliphatic heterocycles. The van der Waals surface area contributed by atoms with Gasteiger partial charge in [-0.05, 0) is 25.9 Å². The van der Waals surface area contributed by atoms with E-state index in [0.717, 1.165) is 32.7 Å². The Morgan fingerprint density at radius 3 is 2.00 bits per heavy atom. The van der Waals surface area contributed by atoms with E-state index in [1.54, 1.807) is 7.11 Å². The van der Waals surface area contributed by atoms with Crippen LogP contribution in [0.1, 0.15) is 45.4 Å². The van der Waals surface area contributed by atoms with Gasteiger partial charge in [-0.3, -0.25) is 0 Å². The molecule has 0 aromatic rings. The van der Waals surface area contributed by atoms with E-state index in [1.807, 2.05) is 0 Å². The molecule has 2 N–H and O–H groups in total. The van der Waals surface area contributed by atoms with Crippen molar-refractivity contribution < 1.29 is 4.74 Å². The molecule has 3 nitrogen and oxygen atoms in total. The monoisotopic (exact) mass is 230 g/mol. The van der Waals surface area contributed by atoms with Crippen LogP contribution in [-0.2, 0) is 4.74 Å². The quantitative estimate of drug-likeness (QED) is 0.476. The highest BCUT2D eigenvalue weighted by Crippen LogP contribution is 2.00. The van der Waals surface area contributed by atoms with E-state index in [9.17, 15) is 0 Å². The van der Waals surface area contributed by atoms with E-state index in [1.165, 1.54) is 38.6 Å². The minimum absolute atomic E-state index is 0.859. The van der Waals surface area contributed by atoms with Gasteiger partial charge in [0.25, 0.3) is 0 Å². The van der Waals surface area contributed by atoms with Gasteiger partial charge in [0.2, 0.25) is 0 Å². The molecule has 0 rings (SSSR count). The van der Waals surface area contributed by atoms with Gasteiger partial charge in [-0.1, -0.05) is 32.6 Å². The van der Waals surface area contributed by atoms with Gasteiger partial charge < -0.3 is 15.4 Å². The molecule has 0 aromatic carbocycles. The third-order valence-corrected chi connectivity index (χ3v) is 2.64. The zero-order valence-electron chi connectivity index (χ0n) is 11.2. The zero-order valence-corrected chi connectivity index (χ0v) is 11.2. The molecule has 0 saturated heterocycles. The lowest BCUT2D eigenvalue weighted by molar-refractivity contribution is 0.194. The Morgan fingerprint density at radius 1 is 0.750 bits per heavy atom. The van der Waals surface area contributed by atoms with Crippen LogP contribution in [-0.4, -0.2) is 39.9 Å². The van der Waals surface area contributed by atoms with Crippen molar-refractivity contribution in [1.29, 1.82) is 0 Å². The molecule has 0 saturated carbocycles. The molecule has 0 heterocycles. The van der Waals surface area contributed by atoms with Crippen molar-refractivity contribution >= 4 is 0 Å². The molecule has 0 fully saturated rings. The summed E-state index contributed by atoms with van der Waals surface area (Å²) in [5.41, 5.74) is 0. The number of ether oxygens (including phenoxy) is 1. The molecule has 0 aliphatic carbocycles. The fraction of sp³-hybridized carbons (Fsp3) is 1.00. The van der Waals surface area contributed by atoms with Gasteiger partial charge in [0, 0.05) is 26.8 Å². The summed E-state index contributed by atoms with van der Waals surface area (Å²) in [4.78, 5) is 0. The van der Waals surface area contributed by atoms with Crippen molar-refractivity contribution in [3.8, 4) is 0 Å². The second-order valence-electron chi connectivity index (χ2n) is 4.26. The van der Waals surface area contributed by atoms with Crippen molar-refractivity contribution in [1.82, 2.24) is 10.6 Å². The molecule has 3 heteroatoms. The summed E-state index contributed by atoms with van der Waals surface area (Å²) in [5.74, 6) is 0. The number of hydrogen-bond donors (Lipinski definition) is 2. The lowest BCUT2D eigenvalue weighted by atomic mass is 10.1. The third kappa shape index (κ3) is 13.9. The number of hydrogen-bond acceptors (Lipinski definition) is 3. The van der Waals surface area contributed by atoms with Crippen LogP contribution >= 0.6 is 0 Å². The third-order valence-electron chi connectivity index (χ3n) is 2.64. The maximum absolute atomic E-state index is 4.98. The van der Waals surface area contributed by atoms with Gasteiger partial charge in [-0.15, -0.1) is 0 Å². The topological polar surface area (TPSA) is 33.3 Å². The summed E-state index contributed by atoms with van der Waals surface area (Å²) >= 11 is 0. The highest BCUT2D eigenvalue weighted by atomic mass is 16.5. The molecule has 0 amide bonds. The predicted octanol–water partition coefficient (Wildman–Crippen LogP) is 2.17. The Hall–Kier alpha value is -0.120. The fourth-order valence-electron chi connectivity index (χ4n) is 1.62. The fourth-order valence-corrected chi connectivity index (χ4v) is 1.62. The molecule has 0 aliphatic rings. The summed E-state index contributed by atoms with van der Waals surface area (Å²) in [7, 11) is 1.75. The van der Waals surface area contributed by atoms with Crippen LogP contribution in [0.2, 0.25) is 0 Å². The molecular weight excluding hydrogens is 200 g/mol. The van der Waals surface area contributed by atoms with E-state index in [4.69, 9.17) is 4.74 Å². The highest BCUT2D eigenvalue weighted by Gasteiger charge is 1.90. The minimum Gasteiger partial charge on any atom is -0.385 e. The molecular formula is C13H30N2O. The average molecular weight is 230 g/mol. The standard InChI is InChI=1S/C13H30N2O/c1-3-4-5-6-7-9-14-11-12-15-10-8-13-16-2/h14-15H,3-13H2,1-2H3. The first-order chi connectivity index (χ1) is 7.91. The largest absolute Gasteiger partial charge is 0.385 e. The van der Waals surface area contributed by atoms with E-state index in [-0.39, 0.29) is 0 Å². The molecule has 16 heavy (non-hydrogen) atoms. The summed E-state index contributed by atoms with van der Waals surface area (Å²) in [6.45, 7) is 7.50. The number of nitrogens with one attached hydrogen (secondary N) is 2. The van der Waals surface area contributed by atoms with Crippen molar-refractivity contribution in [3.05, 3.63) is 0 Å². The van der Waals surface area contributed by atoms with Gasteiger partial charge in [0.15, 0.2) is 0 Å². The summed E-state index contributed by atoms with van der Waals surface area (Å²) < 4.78 is 4.98. The van der Waals surface area contributed by atoms with Gasteiger partial charge >= 0.3 is 0 Å². The second-order valence-corrected chi connectivity index (χ2v) is 4.26. The smallest absolute Gasteiger partial charge is 0.0474 e. The van der Waals surface area contributed by atoms with Crippen LogP contribution in [0.5, 0.6) is 0 Å². The van der Waals surface area contributed by atoms with Gasteiger partial charge in [-0.25, -0.2) is 0 Å². The van der Waals surface area contributed by atoms with E-state index >= 15 is 0 Å². The molecule has 0 aromatic heterocycles. The average Bonchev–Trinajstić information content (AvgIpc) is 2.31. The Balaban J connectivity index is 2.83. The molecule has 0 bridgehead atoms. The first-order valence-corrected chi connectivity index (χ1v) is 6.82. The van der Waals surface area contributed by atoms with Crippen molar-refractivity contribution in [2.75, 3.05) is 39.9 Å². The summed E-state index contributed by atoms with van der Waals surface area (Å²) in [6.07, 6.45) is 7.92. The van der Waals surface area contributed by atoms with Gasteiger partial charge in [-0.2, -0.15) is 0 Å². The Kier molecular flexibility index (Phi) is 14.8. The first kappa shape index (κ1) is 15.9. The molecule has 0 radical (unpaired) electrons. The minimum atomic E-state index is 0.859. The number of unbranched alkanes of at least 4 members (excludes halogenated alkanes) is 4. The molecule has 0 spiro atoms. The molecule has 0 atom stereocenters. The first-order valence-electron chi connectivity index (χ1n) is 6.82. The Morgan fingerprint density at radius 2 is 1.38 bits per heavy atom. The predicted molar refractivity (Wildman–Crippen MR) is 71.0 cm³/mol. The van der Waals surface area contributed by atoms with Crippen molar-refractivity contribution in [2.45, 2.75) is 45.4 Å². The molecule has 98 valence electrons. The Bertz CT molecular complexity index is 107. The zero-order chi connectivity index (χ0) is 11.9. The summed E-state index contributed by atoms with van der Waals surface area (Å²) in [6, 6.07) is 0. The lowest BCUT2D eigenvalue weighted by Crippen LogP contribution is -2.28. The normalized spacial score (nSPS) is 10.9. The maximum atomic E-state index is 4.98. The van der Waals surface area contributed by atoms with Crippen LogP contribution in [0.4, 0.5) is 0 Å². The van der Waals surface area contributed by atoms with Crippen LogP contribution in [0.25, 0.3) is 0 Å². The van der Waals surface area contributed by atoms with Crippen LogP contribution in [0, 0.1) is 0 Å². The van der Waals surface area contributed by atoms with Gasteiger partial charge in [0.1, 0.15) is 0 Å². The number of methoxy groups -OCH3 is 1. The summed E-state index contributed by atoms with van der Waals surface area (Å²) in [5, 5.41) is 6.85. The highest BCUT2D eigenvalue weighted by molar-refractivity contribution is 4.53. The van der Waals surface area contributed by atoms with Crippen LogP contribution in [0.15, 0.2) is 0 Å². The van der Waals surface area contributed by atoms with E-state index < -0.39 is 0 Å². The van der Waals surface area contributed by atoms with Crippen molar-refractivity contribution in [2.24, 2.45) is 0 Å². The Labute approximate surface area is 101 Å². The second kappa shape index (κ2) is 14.9. The molecule has 0 unspecified atom stereocenters. The van der Waals surface area contributed by atoms with Gasteiger partial charge in [0.05, 0.1) is 0 Å². The lowest BCUT2D eigenvalue weighted by Gasteiger charge is -2.06. The van der Waals surface area contributed by atoms with E-state index in [2.05, 4.69) is 17.6 Å². The van der Waals surface area contributed by atoms with Crippen molar-refractivity contribution in [3.63, 3.8) is 0 Å². The SMILES string of the molecule is CCCCCCCNCCNCCCOC. The number of rotatable bonds is 13. The maximum Gasteiger partial charge on any atom is 0.0474 e. The van der Waals surface area contributed by atoms with Crippen LogP contribution < -0.4 is 10.6 Å². The van der Waals surface area contributed by atoms with E-state index in [0.29, 0.717) is 0 Å². The van der Waals surface area contributed by atoms with Crippen LogP contribution in [0.3, 0.4) is 0 Å².